The van der Waals surface area contributed by atoms with Crippen molar-refractivity contribution in [2.45, 2.75) is 64.6 Å². The number of aliphatic carboxylic acids is 1. The van der Waals surface area contributed by atoms with Crippen molar-refractivity contribution in [1.29, 1.82) is 0 Å². The molecule has 0 saturated carbocycles. The number of likely N-dealkylation sites (tertiary alicyclic amines) is 1. The lowest BCUT2D eigenvalue weighted by atomic mass is 9.85. The highest BCUT2D eigenvalue weighted by Crippen LogP contribution is 2.35. The van der Waals surface area contributed by atoms with E-state index in [1.54, 1.807) is 32.9 Å². The summed E-state index contributed by atoms with van der Waals surface area (Å²) >= 11 is 6.21. The Hall–Kier alpha value is -3.54. The third-order valence-electron chi connectivity index (χ3n) is 6.98. The van der Waals surface area contributed by atoms with E-state index >= 15 is 0 Å². The molecular weight excluding hydrogens is 558 g/mol. The van der Waals surface area contributed by atoms with Crippen LogP contribution in [-0.4, -0.2) is 57.6 Å². The molecule has 1 saturated heterocycles. The maximum absolute atomic E-state index is 13.8. The van der Waals surface area contributed by atoms with Gasteiger partial charge in [-0.15, -0.1) is 0 Å². The van der Waals surface area contributed by atoms with Crippen LogP contribution in [-0.2, 0) is 33.6 Å². The number of hydrogen-bond donors (Lipinski definition) is 2. The van der Waals surface area contributed by atoms with E-state index in [0.717, 1.165) is 22.1 Å². The number of nitrogens with zero attached hydrogens (tertiary/aromatic N) is 2. The van der Waals surface area contributed by atoms with Crippen LogP contribution in [0.2, 0.25) is 5.02 Å². The van der Waals surface area contributed by atoms with Crippen LogP contribution in [0.4, 0.5) is 28.0 Å². The maximum Gasteiger partial charge on any atom is 0.419 e. The average Bonchev–Trinajstić information content (AvgIpc) is 3.47. The first-order valence-electron chi connectivity index (χ1n) is 12.4. The number of nitrogens with one attached hydrogen (secondary N) is 1. The molecule has 2 heterocycles. The van der Waals surface area contributed by atoms with Gasteiger partial charge in [0.05, 0.1) is 18.7 Å². The molecule has 2 aliphatic heterocycles. The molecule has 0 aliphatic carbocycles. The monoisotopic (exact) mass is 585 g/mol. The third kappa shape index (κ3) is 6.11. The molecule has 0 aromatic heterocycles. The summed E-state index contributed by atoms with van der Waals surface area (Å²) in [4.78, 5) is 41.1. The number of alkyl halides is 3. The summed E-state index contributed by atoms with van der Waals surface area (Å²) in [5, 5.41) is 13.1. The van der Waals surface area contributed by atoms with Crippen LogP contribution in [0.5, 0.6) is 0 Å². The number of hydrogen-bond acceptors (Lipinski definition) is 5. The van der Waals surface area contributed by atoms with E-state index in [4.69, 9.17) is 16.3 Å². The van der Waals surface area contributed by atoms with E-state index < -0.39 is 59.1 Å². The molecule has 40 heavy (non-hydrogen) atoms. The van der Waals surface area contributed by atoms with Gasteiger partial charge in [-0.3, -0.25) is 9.69 Å². The molecule has 0 spiro atoms. The molecule has 1 fully saturated rings. The molecule has 13 heteroatoms. The number of halogens is 5. The van der Waals surface area contributed by atoms with Gasteiger partial charge in [0.25, 0.3) is 0 Å². The Labute approximate surface area is 232 Å². The predicted molar refractivity (Wildman–Crippen MR) is 137 cm³/mol. The highest BCUT2D eigenvalue weighted by Gasteiger charge is 2.46. The highest BCUT2D eigenvalue weighted by atomic mass is 35.5. The Morgan fingerprint density at radius 2 is 1.82 bits per heavy atom. The number of ether oxygens (including phenoxy) is 1. The second-order valence-electron chi connectivity index (χ2n) is 11.0. The topological polar surface area (TPSA) is 99.2 Å². The van der Waals surface area contributed by atoms with Crippen molar-refractivity contribution in [2.75, 3.05) is 11.9 Å². The smallest absolute Gasteiger partial charge is 0.419 e. The second kappa shape index (κ2) is 10.8. The van der Waals surface area contributed by atoms with Gasteiger partial charge in [0, 0.05) is 23.7 Å². The number of anilines is 1. The van der Waals surface area contributed by atoms with Gasteiger partial charge < -0.3 is 20.1 Å². The SMILES string of the molecule is CC(C)(C)C(Nc1ccc(F)c(C(F)(F)F)c1)C(=O)N1CC(OC(=O)N2Cc3cccc(Cl)c3C2)CC1C(=O)O. The van der Waals surface area contributed by atoms with Crippen molar-refractivity contribution in [1.82, 2.24) is 9.80 Å². The number of carboxylic acids is 1. The summed E-state index contributed by atoms with van der Waals surface area (Å²) < 4.78 is 59.1. The largest absolute Gasteiger partial charge is 0.480 e. The Morgan fingerprint density at radius 1 is 1.12 bits per heavy atom. The number of amides is 2. The fourth-order valence-corrected chi connectivity index (χ4v) is 5.15. The van der Waals surface area contributed by atoms with E-state index in [1.807, 2.05) is 6.07 Å². The standard InChI is InChI=1S/C27H28ClF4N3O5/c1-26(2,3)22(33-15-7-8-20(29)18(9-15)27(30,31)32)23(36)35-12-16(10-21(35)24(37)38)40-25(39)34-11-14-5-4-6-19(28)17(14)13-34/h4-9,16,21-22,33H,10-13H2,1-3H3,(H,37,38). The van der Waals surface area contributed by atoms with Gasteiger partial charge in [-0.05, 0) is 40.8 Å². The van der Waals surface area contributed by atoms with Gasteiger partial charge in [-0.2, -0.15) is 13.2 Å². The van der Waals surface area contributed by atoms with Gasteiger partial charge >= 0.3 is 18.2 Å². The van der Waals surface area contributed by atoms with Gasteiger partial charge in [0.1, 0.15) is 24.0 Å². The van der Waals surface area contributed by atoms with Crippen LogP contribution < -0.4 is 5.32 Å². The molecule has 3 atom stereocenters. The normalized spacial score (nSPS) is 19.8. The maximum atomic E-state index is 13.8. The van der Waals surface area contributed by atoms with Gasteiger partial charge in [0.2, 0.25) is 5.91 Å². The molecule has 4 rings (SSSR count). The summed E-state index contributed by atoms with van der Waals surface area (Å²) in [5.41, 5.74) is -0.906. The van der Waals surface area contributed by atoms with Crippen molar-refractivity contribution in [2.24, 2.45) is 5.41 Å². The number of carbonyl (C=O) groups excluding carboxylic acids is 2. The Kier molecular flexibility index (Phi) is 7.94. The van der Waals surface area contributed by atoms with Crippen molar-refractivity contribution >= 4 is 35.3 Å². The first kappa shape index (κ1) is 29.4. The van der Waals surface area contributed by atoms with E-state index in [0.29, 0.717) is 17.2 Å². The molecule has 2 aromatic rings. The fraction of sp³-hybridized carbons (Fsp3) is 0.444. The number of carboxylic acid groups (broad SMARTS) is 1. The Morgan fingerprint density at radius 3 is 2.42 bits per heavy atom. The molecule has 2 aromatic carbocycles. The highest BCUT2D eigenvalue weighted by molar-refractivity contribution is 6.31. The Balaban J connectivity index is 1.50. The van der Waals surface area contributed by atoms with Crippen molar-refractivity contribution in [3.8, 4) is 0 Å². The molecule has 0 radical (unpaired) electrons. The lowest BCUT2D eigenvalue weighted by molar-refractivity contribution is -0.149. The minimum atomic E-state index is -4.95. The van der Waals surface area contributed by atoms with Gasteiger partial charge in [0.15, 0.2) is 0 Å². The summed E-state index contributed by atoms with van der Waals surface area (Å²) in [6, 6.07) is 5.07. The quantitative estimate of drug-likeness (QED) is 0.448. The second-order valence-corrected chi connectivity index (χ2v) is 11.4. The molecule has 0 bridgehead atoms. The first-order valence-corrected chi connectivity index (χ1v) is 12.8. The number of rotatable bonds is 5. The van der Waals surface area contributed by atoms with Crippen LogP contribution in [0, 0.1) is 11.2 Å². The summed E-state index contributed by atoms with van der Waals surface area (Å²) in [6.45, 7) is 5.20. The van der Waals surface area contributed by atoms with Crippen LogP contribution in [0.3, 0.4) is 0 Å². The average molecular weight is 586 g/mol. The van der Waals surface area contributed by atoms with Crippen molar-refractivity contribution in [3.05, 3.63) is 63.9 Å². The zero-order valence-electron chi connectivity index (χ0n) is 21.9. The van der Waals surface area contributed by atoms with E-state index in [-0.39, 0.29) is 31.7 Å². The lowest BCUT2D eigenvalue weighted by Crippen LogP contribution is -2.52. The molecular formula is C27H28ClF4N3O5. The van der Waals surface area contributed by atoms with E-state index in [9.17, 15) is 37.1 Å². The van der Waals surface area contributed by atoms with Crippen LogP contribution in [0.15, 0.2) is 36.4 Å². The van der Waals surface area contributed by atoms with Crippen LogP contribution >= 0.6 is 11.6 Å². The summed E-state index contributed by atoms with van der Waals surface area (Å²) in [7, 11) is 0. The van der Waals surface area contributed by atoms with E-state index in [2.05, 4.69) is 5.32 Å². The molecule has 2 N–H and O–H groups in total. The van der Waals surface area contributed by atoms with Crippen molar-refractivity contribution in [3.63, 3.8) is 0 Å². The molecule has 2 amide bonds. The van der Waals surface area contributed by atoms with Gasteiger partial charge in [-0.1, -0.05) is 44.5 Å². The van der Waals surface area contributed by atoms with Crippen LogP contribution in [0.1, 0.15) is 43.9 Å². The number of carbonyl (C=O) groups is 3. The minimum absolute atomic E-state index is 0.164. The molecule has 8 nitrogen and oxygen atoms in total. The zero-order chi connectivity index (χ0) is 29.6. The first-order chi connectivity index (χ1) is 18.6. The minimum Gasteiger partial charge on any atom is -0.480 e. The molecule has 2 aliphatic rings. The van der Waals surface area contributed by atoms with Crippen molar-refractivity contribution < 1.29 is 41.8 Å². The predicted octanol–water partition coefficient (Wildman–Crippen LogP) is 5.53. The molecule has 216 valence electrons. The Bertz CT molecular complexity index is 1330. The molecule has 3 unspecified atom stereocenters. The van der Waals surface area contributed by atoms with Gasteiger partial charge in [-0.25, -0.2) is 14.0 Å². The fourth-order valence-electron chi connectivity index (χ4n) is 4.90. The van der Waals surface area contributed by atoms with Crippen LogP contribution in [0.25, 0.3) is 0 Å². The summed E-state index contributed by atoms with van der Waals surface area (Å²) in [5.74, 6) is -3.49. The summed E-state index contributed by atoms with van der Waals surface area (Å²) in [6.07, 6.45) is -6.74. The zero-order valence-corrected chi connectivity index (χ0v) is 22.6. The lowest BCUT2D eigenvalue weighted by Gasteiger charge is -2.35. The number of benzene rings is 2. The van der Waals surface area contributed by atoms with E-state index in [1.165, 1.54) is 4.90 Å². The number of fused-ring (bicyclic) bond motifs is 1. The third-order valence-corrected chi connectivity index (χ3v) is 7.33.